The third kappa shape index (κ3) is 3.36. The zero-order valence-electron chi connectivity index (χ0n) is 8.79. The van der Waals surface area contributed by atoms with Crippen LogP contribution >= 0.6 is 0 Å². The quantitative estimate of drug-likeness (QED) is 0.649. The second kappa shape index (κ2) is 5.24. The summed E-state index contributed by atoms with van der Waals surface area (Å²) in [4.78, 5) is 2.32. The molecule has 0 aromatic heterocycles. The largest absolute Gasteiger partial charge is 0.305 e. The Hall–Kier alpha value is -0.550. The first kappa shape index (κ1) is 10.5. The fraction of sp³-hybridized carbons (Fsp3) is 0.909. The lowest BCUT2D eigenvalue weighted by atomic mass is 9.85. The minimum atomic E-state index is 0.227. The molecule has 2 heteroatoms. The van der Waals surface area contributed by atoms with Crippen LogP contribution in [0, 0.1) is 23.2 Å². The number of hydrogen-bond acceptors (Lipinski definition) is 2. The number of nitrogens with zero attached hydrogens (tertiary/aromatic N) is 2. The van der Waals surface area contributed by atoms with Crippen molar-refractivity contribution in [3.63, 3.8) is 0 Å². The van der Waals surface area contributed by atoms with Crippen LogP contribution in [0.15, 0.2) is 0 Å². The minimum absolute atomic E-state index is 0.227. The van der Waals surface area contributed by atoms with E-state index in [1.54, 1.807) is 0 Å². The van der Waals surface area contributed by atoms with Crippen LogP contribution in [0.2, 0.25) is 0 Å². The second-order valence-corrected chi connectivity index (χ2v) is 4.25. The molecule has 1 aliphatic carbocycles. The Balaban J connectivity index is 2.15. The first-order valence-corrected chi connectivity index (χ1v) is 5.34. The molecule has 1 atom stereocenters. The van der Waals surface area contributed by atoms with E-state index >= 15 is 0 Å². The minimum Gasteiger partial charge on any atom is -0.305 e. The molecule has 0 aromatic rings. The molecule has 0 heterocycles. The van der Waals surface area contributed by atoms with E-state index in [4.69, 9.17) is 5.26 Å². The van der Waals surface area contributed by atoms with Gasteiger partial charge in [-0.2, -0.15) is 5.26 Å². The summed E-state index contributed by atoms with van der Waals surface area (Å²) in [6.45, 7) is 4.23. The fourth-order valence-electron chi connectivity index (χ4n) is 1.83. The molecule has 1 aliphatic rings. The maximum Gasteiger partial charge on any atom is 0.0669 e. The highest BCUT2D eigenvalue weighted by Gasteiger charge is 2.19. The van der Waals surface area contributed by atoms with E-state index in [0.717, 1.165) is 18.9 Å². The Morgan fingerprint density at radius 3 is 2.62 bits per heavy atom. The van der Waals surface area contributed by atoms with Gasteiger partial charge < -0.3 is 4.90 Å². The van der Waals surface area contributed by atoms with E-state index < -0.39 is 0 Å². The Labute approximate surface area is 81.5 Å². The lowest BCUT2D eigenvalue weighted by Crippen LogP contribution is -2.32. The molecular formula is C11H20N2. The molecule has 1 saturated carbocycles. The van der Waals surface area contributed by atoms with Gasteiger partial charge in [0.2, 0.25) is 0 Å². The van der Waals surface area contributed by atoms with Crippen molar-refractivity contribution in [2.75, 3.05) is 20.1 Å². The topological polar surface area (TPSA) is 27.0 Å². The van der Waals surface area contributed by atoms with Crippen molar-refractivity contribution in [1.82, 2.24) is 4.90 Å². The highest BCUT2D eigenvalue weighted by atomic mass is 15.1. The van der Waals surface area contributed by atoms with Crippen LogP contribution in [0.4, 0.5) is 0 Å². The zero-order chi connectivity index (χ0) is 9.68. The van der Waals surface area contributed by atoms with Gasteiger partial charge in [-0.15, -0.1) is 0 Å². The molecule has 74 valence electrons. The van der Waals surface area contributed by atoms with Gasteiger partial charge in [-0.1, -0.05) is 13.3 Å². The van der Waals surface area contributed by atoms with Crippen LogP contribution in [0.1, 0.15) is 32.6 Å². The van der Waals surface area contributed by atoms with Crippen molar-refractivity contribution in [3.8, 4) is 6.07 Å². The molecule has 0 radical (unpaired) electrons. The van der Waals surface area contributed by atoms with E-state index in [1.165, 1.54) is 25.8 Å². The average Bonchev–Trinajstić information content (AvgIpc) is 2.07. The molecular weight excluding hydrogens is 160 g/mol. The summed E-state index contributed by atoms with van der Waals surface area (Å²) >= 11 is 0. The SMILES string of the molecule is CCC(C#N)CN(C)CC1CCC1. The Morgan fingerprint density at radius 2 is 2.23 bits per heavy atom. The molecule has 13 heavy (non-hydrogen) atoms. The normalized spacial score (nSPS) is 19.5. The van der Waals surface area contributed by atoms with E-state index in [0.29, 0.717) is 0 Å². The maximum atomic E-state index is 8.80. The summed E-state index contributed by atoms with van der Waals surface area (Å²) in [6, 6.07) is 2.35. The van der Waals surface area contributed by atoms with Crippen molar-refractivity contribution in [1.29, 1.82) is 5.26 Å². The number of rotatable bonds is 5. The smallest absolute Gasteiger partial charge is 0.0669 e. The van der Waals surface area contributed by atoms with Crippen molar-refractivity contribution < 1.29 is 0 Å². The summed E-state index contributed by atoms with van der Waals surface area (Å²) in [5.41, 5.74) is 0. The van der Waals surface area contributed by atoms with Gasteiger partial charge in [0.05, 0.1) is 12.0 Å². The first-order chi connectivity index (χ1) is 6.26. The fourth-order valence-corrected chi connectivity index (χ4v) is 1.83. The van der Waals surface area contributed by atoms with E-state index in [-0.39, 0.29) is 5.92 Å². The monoisotopic (exact) mass is 180 g/mol. The van der Waals surface area contributed by atoms with E-state index in [9.17, 15) is 0 Å². The summed E-state index contributed by atoms with van der Waals surface area (Å²) in [5, 5.41) is 8.80. The van der Waals surface area contributed by atoms with Crippen LogP contribution in [-0.4, -0.2) is 25.0 Å². The van der Waals surface area contributed by atoms with Gasteiger partial charge in [-0.3, -0.25) is 0 Å². The summed E-state index contributed by atoms with van der Waals surface area (Å²) < 4.78 is 0. The van der Waals surface area contributed by atoms with Crippen LogP contribution in [0.5, 0.6) is 0 Å². The summed E-state index contributed by atoms with van der Waals surface area (Å²) in [6.07, 6.45) is 5.18. The third-order valence-corrected chi connectivity index (χ3v) is 3.00. The van der Waals surface area contributed by atoms with E-state index in [1.807, 2.05) is 0 Å². The predicted octanol–water partition coefficient (Wildman–Crippen LogP) is 2.27. The average molecular weight is 180 g/mol. The standard InChI is InChI=1S/C11H20N2/c1-3-10(7-12)8-13(2)9-11-5-4-6-11/h10-11H,3-6,8-9H2,1-2H3. The molecule has 2 nitrogen and oxygen atoms in total. The van der Waals surface area contributed by atoms with Gasteiger partial charge in [0.1, 0.15) is 0 Å². The van der Waals surface area contributed by atoms with Gasteiger partial charge in [0, 0.05) is 13.1 Å². The molecule has 0 saturated heterocycles. The predicted molar refractivity (Wildman–Crippen MR) is 54.2 cm³/mol. The lowest BCUT2D eigenvalue weighted by molar-refractivity contribution is 0.194. The Bertz CT molecular complexity index is 179. The maximum absolute atomic E-state index is 8.80. The molecule has 1 fully saturated rings. The molecule has 0 amide bonds. The summed E-state index contributed by atoms with van der Waals surface area (Å²) in [5.74, 6) is 1.14. The van der Waals surface area contributed by atoms with Gasteiger partial charge in [0.15, 0.2) is 0 Å². The van der Waals surface area contributed by atoms with Gasteiger partial charge in [0.25, 0.3) is 0 Å². The number of hydrogen-bond donors (Lipinski definition) is 0. The second-order valence-electron chi connectivity index (χ2n) is 4.25. The Morgan fingerprint density at radius 1 is 1.54 bits per heavy atom. The van der Waals surface area contributed by atoms with Crippen LogP contribution in [-0.2, 0) is 0 Å². The first-order valence-electron chi connectivity index (χ1n) is 5.34. The van der Waals surface area contributed by atoms with Crippen molar-refractivity contribution in [3.05, 3.63) is 0 Å². The van der Waals surface area contributed by atoms with Crippen molar-refractivity contribution in [2.45, 2.75) is 32.6 Å². The molecule has 0 spiro atoms. The molecule has 0 N–H and O–H groups in total. The molecule has 0 aliphatic heterocycles. The third-order valence-electron chi connectivity index (χ3n) is 3.00. The van der Waals surface area contributed by atoms with E-state index in [2.05, 4.69) is 24.9 Å². The van der Waals surface area contributed by atoms with Crippen molar-refractivity contribution in [2.24, 2.45) is 11.8 Å². The summed E-state index contributed by atoms with van der Waals surface area (Å²) in [7, 11) is 2.14. The highest BCUT2D eigenvalue weighted by molar-refractivity contribution is 4.84. The molecule has 0 bridgehead atoms. The van der Waals surface area contributed by atoms with Gasteiger partial charge >= 0.3 is 0 Å². The lowest BCUT2D eigenvalue weighted by Gasteiger charge is -2.30. The van der Waals surface area contributed by atoms with Crippen LogP contribution < -0.4 is 0 Å². The Kier molecular flexibility index (Phi) is 4.24. The molecule has 0 aromatic carbocycles. The van der Waals surface area contributed by atoms with Gasteiger partial charge in [-0.25, -0.2) is 0 Å². The number of nitriles is 1. The highest BCUT2D eigenvalue weighted by Crippen LogP contribution is 2.26. The zero-order valence-corrected chi connectivity index (χ0v) is 8.79. The van der Waals surface area contributed by atoms with Crippen molar-refractivity contribution >= 4 is 0 Å². The van der Waals surface area contributed by atoms with Crippen LogP contribution in [0.25, 0.3) is 0 Å². The molecule has 1 unspecified atom stereocenters. The molecule has 1 rings (SSSR count). The van der Waals surface area contributed by atoms with Gasteiger partial charge in [-0.05, 0) is 32.2 Å². The van der Waals surface area contributed by atoms with Crippen LogP contribution in [0.3, 0.4) is 0 Å².